The monoisotopic (exact) mass is 429 g/mol. The largest absolute Gasteiger partial charge is 0.469 e. The predicted molar refractivity (Wildman–Crippen MR) is 117 cm³/mol. The Labute approximate surface area is 182 Å². The van der Waals surface area contributed by atoms with E-state index < -0.39 is 12.2 Å². The van der Waals surface area contributed by atoms with Gasteiger partial charge in [-0.25, -0.2) is 4.98 Å². The molecule has 2 rings (SSSR count). The molecule has 1 heterocycles. The Hall–Kier alpha value is -2.77. The van der Waals surface area contributed by atoms with Crippen LogP contribution >= 0.6 is 0 Å². The van der Waals surface area contributed by atoms with E-state index in [9.17, 15) is 19.8 Å². The van der Waals surface area contributed by atoms with E-state index in [0.717, 1.165) is 24.8 Å². The molecule has 0 aliphatic carbocycles. The molecule has 0 spiro atoms. The van der Waals surface area contributed by atoms with Crippen LogP contribution in [0.25, 0.3) is 17.5 Å². The maximum absolute atomic E-state index is 12.7. The summed E-state index contributed by atoms with van der Waals surface area (Å²) in [6.07, 6.45) is 4.51. The summed E-state index contributed by atoms with van der Waals surface area (Å²) in [5.74, 6) is 0.0964. The molecule has 2 unspecified atom stereocenters. The van der Waals surface area contributed by atoms with Crippen LogP contribution in [0.2, 0.25) is 0 Å². The number of aliphatic hydroxyl groups excluding tert-OH is 2. The van der Waals surface area contributed by atoms with E-state index in [2.05, 4.69) is 16.6 Å². The van der Waals surface area contributed by atoms with E-state index in [1.165, 1.54) is 19.3 Å². The number of esters is 1. The number of hydrogen-bond donors (Lipinski definition) is 2. The molecule has 31 heavy (non-hydrogen) atoms. The van der Waals surface area contributed by atoms with Gasteiger partial charge < -0.3 is 19.4 Å². The van der Waals surface area contributed by atoms with Crippen molar-refractivity contribution >= 4 is 17.8 Å². The normalized spacial score (nSPS) is 13.3. The smallest absolute Gasteiger partial charge is 0.305 e. The zero-order chi connectivity index (χ0) is 22.6. The Bertz CT molecular complexity index is 858. The van der Waals surface area contributed by atoms with Crippen LogP contribution in [0.5, 0.6) is 0 Å². The molecule has 2 N–H and O–H groups in total. The van der Waals surface area contributed by atoms with Gasteiger partial charge in [0.15, 0.2) is 17.2 Å². The van der Waals surface area contributed by atoms with E-state index in [1.54, 1.807) is 0 Å². The van der Waals surface area contributed by atoms with Gasteiger partial charge in [-0.3, -0.25) is 9.59 Å². The molecule has 0 fully saturated rings. The second-order valence-corrected chi connectivity index (χ2v) is 7.36. The molecule has 0 saturated carbocycles. The Morgan fingerprint density at radius 1 is 1.13 bits per heavy atom. The lowest BCUT2D eigenvalue weighted by molar-refractivity contribution is -0.140. The minimum atomic E-state index is -1.18. The third-order valence-electron chi connectivity index (χ3n) is 4.89. The van der Waals surface area contributed by atoms with Crippen molar-refractivity contribution in [1.82, 2.24) is 4.98 Å². The average molecular weight is 430 g/mol. The number of nitrogens with zero attached hydrogens (tertiary/aromatic N) is 1. The first-order valence-corrected chi connectivity index (χ1v) is 10.7. The Morgan fingerprint density at radius 3 is 2.55 bits per heavy atom. The van der Waals surface area contributed by atoms with Crippen molar-refractivity contribution in [3.8, 4) is 11.5 Å². The van der Waals surface area contributed by atoms with E-state index >= 15 is 0 Å². The number of carbonyl (C=O) groups is 2. The summed E-state index contributed by atoms with van der Waals surface area (Å²) in [5.41, 5.74) is 0.965. The topological polar surface area (TPSA) is 110 Å². The van der Waals surface area contributed by atoms with Gasteiger partial charge in [-0.2, -0.15) is 0 Å². The summed E-state index contributed by atoms with van der Waals surface area (Å²) in [6.45, 7) is 2.07. The molecule has 0 aliphatic rings. The van der Waals surface area contributed by atoms with E-state index in [4.69, 9.17) is 4.42 Å². The maximum atomic E-state index is 12.7. The van der Waals surface area contributed by atoms with Gasteiger partial charge in [-0.05, 0) is 43.5 Å². The molecular weight excluding hydrogens is 398 g/mol. The number of benzene rings is 1. The van der Waals surface area contributed by atoms with Gasteiger partial charge in [-0.15, -0.1) is 0 Å². The first-order chi connectivity index (χ1) is 15.0. The molecule has 0 aliphatic heterocycles. The van der Waals surface area contributed by atoms with Crippen molar-refractivity contribution < 1.29 is 29.0 Å². The lowest BCUT2D eigenvalue weighted by Gasteiger charge is -2.13. The van der Waals surface area contributed by atoms with E-state index in [1.807, 2.05) is 30.3 Å². The zero-order valence-corrected chi connectivity index (χ0v) is 18.1. The minimum absolute atomic E-state index is 0.118. The molecule has 1 aromatic heterocycles. The lowest BCUT2D eigenvalue weighted by Crippen LogP contribution is -2.23. The second-order valence-electron chi connectivity index (χ2n) is 7.36. The standard InChI is InChI=1S/C24H31NO6/c1-3-4-6-12-20(28)23-21(31-24(25-23)17-10-7-5-8-11-17)16-15-19(27)18(26)13-9-14-22(29)30-2/h5,7-8,10-11,15-16,18-19,26-27H,3-4,6,9,12-14H2,1-2H3/b16-15+. The number of ether oxygens (including phenoxy) is 1. The molecule has 7 nitrogen and oxygen atoms in total. The van der Waals surface area contributed by atoms with Crippen molar-refractivity contribution in [2.75, 3.05) is 7.11 Å². The number of aliphatic hydroxyl groups is 2. The van der Waals surface area contributed by atoms with E-state index in [0.29, 0.717) is 18.7 Å². The highest BCUT2D eigenvalue weighted by atomic mass is 16.5. The number of Topliss-reactive ketones (excluding diaryl/α,β-unsaturated/α-hetero) is 1. The van der Waals surface area contributed by atoms with Crippen LogP contribution in [0, 0.1) is 0 Å². The summed E-state index contributed by atoms with van der Waals surface area (Å²) in [7, 11) is 1.30. The highest BCUT2D eigenvalue weighted by Crippen LogP contribution is 2.25. The molecule has 0 amide bonds. The number of methoxy groups -OCH3 is 1. The molecule has 1 aromatic carbocycles. The van der Waals surface area contributed by atoms with Crippen molar-refractivity contribution in [3.63, 3.8) is 0 Å². The zero-order valence-electron chi connectivity index (χ0n) is 18.1. The summed E-state index contributed by atoms with van der Waals surface area (Å²) >= 11 is 0. The molecular formula is C24H31NO6. The SMILES string of the molecule is CCCCCC(=O)c1nc(-c2ccccc2)oc1/C=C/C(O)C(O)CCCC(=O)OC. The van der Waals surface area contributed by atoms with Crippen LogP contribution in [0.1, 0.15) is 68.1 Å². The van der Waals surface area contributed by atoms with E-state index in [-0.39, 0.29) is 36.0 Å². The fourth-order valence-electron chi connectivity index (χ4n) is 3.05. The molecule has 0 saturated heterocycles. The third-order valence-corrected chi connectivity index (χ3v) is 4.89. The number of ketones is 1. The molecule has 2 aromatic rings. The molecule has 2 atom stereocenters. The van der Waals surface area contributed by atoms with Gasteiger partial charge in [0.25, 0.3) is 0 Å². The summed E-state index contributed by atoms with van der Waals surface area (Å²) in [6, 6.07) is 9.26. The third kappa shape index (κ3) is 7.77. The molecule has 0 bridgehead atoms. The summed E-state index contributed by atoms with van der Waals surface area (Å²) < 4.78 is 10.4. The maximum Gasteiger partial charge on any atom is 0.305 e. The molecule has 0 radical (unpaired) electrons. The van der Waals surface area contributed by atoms with Crippen molar-refractivity contribution in [2.24, 2.45) is 0 Å². The highest BCUT2D eigenvalue weighted by Gasteiger charge is 2.20. The Balaban J connectivity index is 2.13. The summed E-state index contributed by atoms with van der Waals surface area (Å²) in [4.78, 5) is 28.2. The van der Waals surface area contributed by atoms with Crippen LogP contribution in [-0.4, -0.2) is 46.3 Å². The fourth-order valence-corrected chi connectivity index (χ4v) is 3.05. The van der Waals surface area contributed by atoms with Gasteiger partial charge >= 0.3 is 5.97 Å². The number of carbonyl (C=O) groups excluding carboxylic acids is 2. The quantitative estimate of drug-likeness (QED) is 0.279. The number of hydrogen-bond acceptors (Lipinski definition) is 7. The highest BCUT2D eigenvalue weighted by molar-refractivity contribution is 5.97. The number of oxazole rings is 1. The van der Waals surface area contributed by atoms with Crippen molar-refractivity contribution in [1.29, 1.82) is 0 Å². The van der Waals surface area contributed by atoms with Crippen molar-refractivity contribution in [3.05, 3.63) is 47.9 Å². The van der Waals surface area contributed by atoms with Crippen LogP contribution in [0.4, 0.5) is 0 Å². The fraction of sp³-hybridized carbons (Fsp3) is 0.458. The van der Waals surface area contributed by atoms with Gasteiger partial charge in [-0.1, -0.05) is 38.0 Å². The van der Waals surface area contributed by atoms with Crippen molar-refractivity contribution in [2.45, 2.75) is 64.1 Å². The predicted octanol–water partition coefficient (Wildman–Crippen LogP) is 4.18. The number of unbranched alkanes of at least 4 members (excludes halogenated alkanes) is 2. The Kier molecular flexibility index (Phi) is 10.1. The Morgan fingerprint density at radius 2 is 1.87 bits per heavy atom. The second kappa shape index (κ2) is 12.8. The van der Waals surface area contributed by atoms with Crippen LogP contribution in [0.3, 0.4) is 0 Å². The van der Waals surface area contributed by atoms with Gasteiger partial charge in [0.05, 0.1) is 19.3 Å². The van der Waals surface area contributed by atoms with Crippen LogP contribution < -0.4 is 0 Å². The van der Waals surface area contributed by atoms with Gasteiger partial charge in [0.2, 0.25) is 5.89 Å². The molecule has 7 heteroatoms. The first-order valence-electron chi connectivity index (χ1n) is 10.7. The first kappa shape index (κ1) is 24.5. The van der Waals surface area contributed by atoms with Gasteiger partial charge in [0.1, 0.15) is 0 Å². The summed E-state index contributed by atoms with van der Waals surface area (Å²) in [5, 5.41) is 20.3. The lowest BCUT2D eigenvalue weighted by atomic mass is 10.1. The minimum Gasteiger partial charge on any atom is -0.469 e. The average Bonchev–Trinajstić information content (AvgIpc) is 3.22. The number of aromatic nitrogens is 1. The number of rotatable bonds is 13. The molecule has 168 valence electrons. The van der Waals surface area contributed by atoms with Crippen LogP contribution in [0.15, 0.2) is 40.8 Å². The van der Waals surface area contributed by atoms with Crippen LogP contribution in [-0.2, 0) is 9.53 Å². The van der Waals surface area contributed by atoms with Gasteiger partial charge in [0, 0.05) is 18.4 Å².